The van der Waals surface area contributed by atoms with E-state index in [1.54, 1.807) is 0 Å². The predicted octanol–water partition coefficient (Wildman–Crippen LogP) is 4.08. The molecule has 0 amide bonds. The zero-order valence-corrected chi connectivity index (χ0v) is 16.4. The molecule has 1 aliphatic heterocycles. The summed E-state index contributed by atoms with van der Waals surface area (Å²) in [4.78, 5) is 12.4. The zero-order chi connectivity index (χ0) is 20.7. The molecule has 2 atom stereocenters. The van der Waals surface area contributed by atoms with Crippen LogP contribution in [0.5, 0.6) is 0 Å². The van der Waals surface area contributed by atoms with Crippen LogP contribution in [-0.2, 0) is 6.54 Å². The van der Waals surface area contributed by atoms with Crippen molar-refractivity contribution >= 4 is 16.5 Å². The zero-order valence-electron chi connectivity index (χ0n) is 16.4. The van der Waals surface area contributed by atoms with E-state index in [-0.39, 0.29) is 12.0 Å². The number of hydrogen-bond donors (Lipinski definition) is 3. The first-order valence-electron chi connectivity index (χ1n) is 9.92. The van der Waals surface area contributed by atoms with Crippen LogP contribution in [0.2, 0.25) is 0 Å². The highest BCUT2D eigenvalue weighted by atomic mass is 19.1. The average Bonchev–Trinajstić information content (AvgIpc) is 2.77. The molecule has 150 valence electrons. The van der Waals surface area contributed by atoms with Gasteiger partial charge in [0, 0.05) is 17.6 Å². The van der Waals surface area contributed by atoms with Crippen molar-refractivity contribution in [1.82, 2.24) is 15.5 Å². The van der Waals surface area contributed by atoms with Gasteiger partial charge in [0.05, 0.1) is 23.0 Å². The summed E-state index contributed by atoms with van der Waals surface area (Å²) in [5.41, 5.74) is 4.27. The van der Waals surface area contributed by atoms with Crippen molar-refractivity contribution in [2.45, 2.75) is 18.5 Å². The molecule has 5 rings (SSSR count). The Hall–Kier alpha value is -3.51. The highest BCUT2D eigenvalue weighted by molar-refractivity contribution is 5.97. The highest BCUT2D eigenvalue weighted by Gasteiger charge is 2.35. The van der Waals surface area contributed by atoms with Crippen molar-refractivity contribution in [1.29, 1.82) is 0 Å². The van der Waals surface area contributed by atoms with Crippen LogP contribution in [0.3, 0.4) is 0 Å². The smallest absolute Gasteiger partial charge is 0.272 e. The maximum Gasteiger partial charge on any atom is 0.272 e. The molecule has 0 aliphatic carbocycles. The third kappa shape index (κ3) is 3.06. The van der Waals surface area contributed by atoms with Crippen molar-refractivity contribution < 1.29 is 4.39 Å². The number of benzene rings is 3. The fourth-order valence-corrected chi connectivity index (χ4v) is 4.37. The van der Waals surface area contributed by atoms with E-state index in [1.807, 2.05) is 25.2 Å². The molecule has 0 bridgehead atoms. The Labute approximate surface area is 173 Å². The molecular formula is C24H21FN4O. The van der Waals surface area contributed by atoms with E-state index in [4.69, 9.17) is 0 Å². The molecule has 2 unspecified atom stereocenters. The van der Waals surface area contributed by atoms with E-state index in [0.29, 0.717) is 16.5 Å². The summed E-state index contributed by atoms with van der Waals surface area (Å²) in [7, 11) is 1.92. The Morgan fingerprint density at radius 1 is 1.03 bits per heavy atom. The maximum absolute atomic E-state index is 14.3. The van der Waals surface area contributed by atoms with Gasteiger partial charge in [0.2, 0.25) is 0 Å². The van der Waals surface area contributed by atoms with Gasteiger partial charge in [-0.3, -0.25) is 4.79 Å². The second-order valence-corrected chi connectivity index (χ2v) is 7.60. The van der Waals surface area contributed by atoms with Crippen LogP contribution in [-0.4, -0.2) is 17.2 Å². The summed E-state index contributed by atoms with van der Waals surface area (Å²) < 4.78 is 14.3. The summed E-state index contributed by atoms with van der Waals surface area (Å²) in [6.07, 6.45) is 0. The Kier molecular flexibility index (Phi) is 4.56. The summed E-state index contributed by atoms with van der Waals surface area (Å²) in [6, 6.07) is 21.0. The lowest BCUT2D eigenvalue weighted by Crippen LogP contribution is -2.28. The first kappa shape index (κ1) is 18.5. The number of H-pyrrole nitrogens is 1. The normalized spacial score (nSPS) is 17.7. The van der Waals surface area contributed by atoms with E-state index in [1.165, 1.54) is 17.7 Å². The minimum Gasteiger partial charge on any atom is -0.377 e. The van der Waals surface area contributed by atoms with Crippen LogP contribution >= 0.6 is 0 Å². The summed E-state index contributed by atoms with van der Waals surface area (Å²) in [6.45, 7) is 0.788. The molecule has 1 aromatic heterocycles. The van der Waals surface area contributed by atoms with Gasteiger partial charge in [0.1, 0.15) is 5.82 Å². The number of hydrogen-bond acceptors (Lipinski definition) is 4. The van der Waals surface area contributed by atoms with E-state index < -0.39 is 11.4 Å². The third-order valence-corrected chi connectivity index (χ3v) is 5.70. The van der Waals surface area contributed by atoms with E-state index in [2.05, 4.69) is 57.2 Å². The first-order valence-corrected chi connectivity index (χ1v) is 9.92. The number of nitrogens with zero attached hydrogens (tertiary/aromatic N) is 1. The van der Waals surface area contributed by atoms with Gasteiger partial charge in [0.15, 0.2) is 0 Å². The Morgan fingerprint density at radius 3 is 2.53 bits per heavy atom. The SMILES string of the molecule is CNCc1ccc(C2Nc3cc(F)cc4c(=O)[nH]nc(c34)C2c2ccccc2)cc1. The third-order valence-electron chi connectivity index (χ3n) is 5.70. The van der Waals surface area contributed by atoms with Gasteiger partial charge in [-0.25, -0.2) is 9.49 Å². The molecule has 0 fully saturated rings. The van der Waals surface area contributed by atoms with Crippen molar-refractivity contribution in [3.63, 3.8) is 0 Å². The number of anilines is 1. The van der Waals surface area contributed by atoms with E-state index in [0.717, 1.165) is 23.4 Å². The van der Waals surface area contributed by atoms with Crippen molar-refractivity contribution in [3.05, 3.63) is 105 Å². The van der Waals surface area contributed by atoms with Crippen LogP contribution in [0.4, 0.5) is 10.1 Å². The molecule has 0 radical (unpaired) electrons. The summed E-state index contributed by atoms with van der Waals surface area (Å²) in [5.74, 6) is -0.590. The number of nitrogens with one attached hydrogen (secondary N) is 3. The number of aromatic nitrogens is 2. The maximum atomic E-state index is 14.3. The molecule has 30 heavy (non-hydrogen) atoms. The fraction of sp³-hybridized carbons (Fsp3) is 0.167. The number of aromatic amines is 1. The Bertz CT molecular complexity index is 1270. The lowest BCUT2D eigenvalue weighted by Gasteiger charge is -2.34. The monoisotopic (exact) mass is 400 g/mol. The topological polar surface area (TPSA) is 69.8 Å². The van der Waals surface area contributed by atoms with Gasteiger partial charge in [-0.05, 0) is 35.9 Å². The van der Waals surface area contributed by atoms with Gasteiger partial charge >= 0.3 is 0 Å². The number of halogens is 1. The van der Waals surface area contributed by atoms with E-state index >= 15 is 0 Å². The molecule has 0 spiro atoms. The van der Waals surface area contributed by atoms with Crippen LogP contribution in [0.25, 0.3) is 10.8 Å². The fourth-order valence-electron chi connectivity index (χ4n) is 4.37. The quantitative estimate of drug-likeness (QED) is 0.483. The average molecular weight is 400 g/mol. The molecule has 0 saturated heterocycles. The van der Waals surface area contributed by atoms with E-state index in [9.17, 15) is 9.18 Å². The first-order chi connectivity index (χ1) is 14.7. The van der Waals surface area contributed by atoms with Crippen LogP contribution < -0.4 is 16.2 Å². The molecule has 4 aromatic rings. The predicted molar refractivity (Wildman–Crippen MR) is 116 cm³/mol. The van der Waals surface area contributed by atoms with Gasteiger partial charge in [-0.2, -0.15) is 5.10 Å². The molecule has 1 aliphatic rings. The highest BCUT2D eigenvalue weighted by Crippen LogP contribution is 2.46. The van der Waals surface area contributed by atoms with Crippen molar-refractivity contribution in [2.75, 3.05) is 12.4 Å². The molecule has 0 saturated carbocycles. The van der Waals surface area contributed by atoms with Crippen LogP contribution in [0.1, 0.15) is 34.3 Å². The minimum atomic E-state index is -0.450. The van der Waals surface area contributed by atoms with Gasteiger partial charge in [0.25, 0.3) is 5.56 Å². The lowest BCUT2D eigenvalue weighted by molar-refractivity contribution is 0.618. The van der Waals surface area contributed by atoms with Crippen molar-refractivity contribution in [3.8, 4) is 0 Å². The Morgan fingerprint density at radius 2 is 1.80 bits per heavy atom. The summed E-state index contributed by atoms with van der Waals surface area (Å²) in [5, 5.41) is 14.6. The van der Waals surface area contributed by atoms with Crippen LogP contribution in [0.15, 0.2) is 71.5 Å². The molecular weight excluding hydrogens is 379 g/mol. The second kappa shape index (κ2) is 7.39. The molecule has 2 heterocycles. The molecule has 3 aromatic carbocycles. The van der Waals surface area contributed by atoms with Crippen LogP contribution in [0, 0.1) is 5.82 Å². The standard InChI is InChI=1S/C24H21FN4O/c1-26-13-14-7-9-16(10-8-14)22-20(15-5-3-2-4-6-15)23-21-18(24(30)29-28-23)11-17(25)12-19(21)27-22/h2-12,20,22,26-27H,13H2,1H3,(H,29,30). The molecule has 3 N–H and O–H groups in total. The van der Waals surface area contributed by atoms with Crippen molar-refractivity contribution in [2.24, 2.45) is 0 Å². The minimum absolute atomic E-state index is 0.140. The Balaban J connectivity index is 1.73. The lowest BCUT2D eigenvalue weighted by atomic mass is 9.80. The molecule has 6 heteroatoms. The van der Waals surface area contributed by atoms with Gasteiger partial charge in [-0.15, -0.1) is 0 Å². The van der Waals surface area contributed by atoms with Gasteiger partial charge < -0.3 is 10.6 Å². The number of rotatable bonds is 4. The van der Waals surface area contributed by atoms with Gasteiger partial charge in [-0.1, -0.05) is 54.6 Å². The largest absolute Gasteiger partial charge is 0.377 e. The summed E-state index contributed by atoms with van der Waals surface area (Å²) >= 11 is 0. The second-order valence-electron chi connectivity index (χ2n) is 7.60. The molecule has 5 nitrogen and oxygen atoms in total.